The van der Waals surface area contributed by atoms with Crippen LogP contribution in [0.3, 0.4) is 0 Å². The smallest absolute Gasteiger partial charge is 0.226 e. The third-order valence-electron chi connectivity index (χ3n) is 5.97. The van der Waals surface area contributed by atoms with Crippen LogP contribution in [0.2, 0.25) is 0 Å². The minimum atomic E-state index is -0.0397. The summed E-state index contributed by atoms with van der Waals surface area (Å²) in [5.74, 6) is 1.94. The van der Waals surface area contributed by atoms with E-state index in [9.17, 15) is 4.79 Å². The molecular formula is C17H28N2OS. The van der Waals surface area contributed by atoms with Gasteiger partial charge in [0, 0.05) is 6.54 Å². The van der Waals surface area contributed by atoms with Crippen molar-refractivity contribution in [3.63, 3.8) is 0 Å². The maximum atomic E-state index is 12.8. The van der Waals surface area contributed by atoms with Crippen LogP contribution in [-0.4, -0.2) is 17.4 Å². The molecule has 4 fully saturated rings. The fraction of sp³-hybridized carbons (Fsp3) is 0.882. The van der Waals surface area contributed by atoms with Crippen molar-refractivity contribution in [1.82, 2.24) is 5.32 Å². The van der Waals surface area contributed by atoms with Gasteiger partial charge >= 0.3 is 0 Å². The summed E-state index contributed by atoms with van der Waals surface area (Å²) in [6.45, 7) is 3.18. The molecule has 0 spiro atoms. The molecule has 4 bridgehead atoms. The Hall–Kier alpha value is -0.640. The lowest BCUT2D eigenvalue weighted by atomic mass is 9.44. The van der Waals surface area contributed by atoms with Gasteiger partial charge in [-0.05, 0) is 75.0 Å². The molecule has 4 aliphatic carbocycles. The molecule has 0 aliphatic heterocycles. The normalized spacial score (nSPS) is 40.2. The van der Waals surface area contributed by atoms with Crippen LogP contribution in [0.4, 0.5) is 0 Å². The first kappa shape index (κ1) is 15.3. The Kier molecular flexibility index (Phi) is 4.02. The Bertz CT molecular complexity index is 434. The second kappa shape index (κ2) is 5.53. The molecule has 4 aliphatic rings. The van der Waals surface area contributed by atoms with Gasteiger partial charge in [-0.25, -0.2) is 0 Å². The van der Waals surface area contributed by atoms with Crippen LogP contribution in [0.5, 0.6) is 0 Å². The molecule has 4 saturated carbocycles. The molecule has 21 heavy (non-hydrogen) atoms. The van der Waals surface area contributed by atoms with Crippen LogP contribution < -0.4 is 11.1 Å². The number of carbonyl (C=O) groups is 1. The van der Waals surface area contributed by atoms with Crippen molar-refractivity contribution in [3.05, 3.63) is 0 Å². The summed E-state index contributed by atoms with van der Waals surface area (Å²) >= 11 is 4.88. The quantitative estimate of drug-likeness (QED) is 0.585. The van der Waals surface area contributed by atoms with E-state index in [0.29, 0.717) is 16.3 Å². The first-order chi connectivity index (χ1) is 9.91. The maximum absolute atomic E-state index is 12.8. The third kappa shape index (κ3) is 3.10. The molecule has 3 nitrogen and oxygen atoms in total. The fourth-order valence-electron chi connectivity index (χ4n) is 5.80. The molecule has 0 heterocycles. The van der Waals surface area contributed by atoms with Gasteiger partial charge in [0.05, 0.1) is 10.4 Å². The molecule has 2 unspecified atom stereocenters. The second-order valence-electron chi connectivity index (χ2n) is 8.23. The average Bonchev–Trinajstić information content (AvgIpc) is 2.34. The highest BCUT2D eigenvalue weighted by Gasteiger charge is 2.58. The lowest BCUT2D eigenvalue weighted by Gasteiger charge is -2.60. The number of carbonyl (C=O) groups excluding carboxylic acids is 1. The molecule has 0 aromatic carbocycles. The zero-order valence-electron chi connectivity index (χ0n) is 13.1. The second-order valence-corrected chi connectivity index (χ2v) is 8.76. The number of hydrogen-bond donors (Lipinski definition) is 2. The van der Waals surface area contributed by atoms with E-state index in [1.54, 1.807) is 0 Å². The minimum Gasteiger partial charge on any atom is -0.393 e. The molecule has 0 aromatic rings. The highest BCUT2D eigenvalue weighted by atomic mass is 32.1. The van der Waals surface area contributed by atoms with Crippen molar-refractivity contribution in [3.8, 4) is 0 Å². The molecule has 4 rings (SSSR count). The molecule has 0 aromatic heterocycles. The highest BCUT2D eigenvalue weighted by molar-refractivity contribution is 7.80. The number of unbranched alkanes of at least 4 members (excludes halogenated alkanes) is 1. The molecule has 0 saturated heterocycles. The Labute approximate surface area is 133 Å². The fourth-order valence-corrected chi connectivity index (χ4v) is 5.94. The molecule has 3 N–H and O–H groups in total. The van der Waals surface area contributed by atoms with Crippen molar-refractivity contribution in [2.24, 2.45) is 28.4 Å². The van der Waals surface area contributed by atoms with Gasteiger partial charge in [0.15, 0.2) is 0 Å². The van der Waals surface area contributed by atoms with E-state index < -0.39 is 0 Å². The van der Waals surface area contributed by atoms with Gasteiger partial charge < -0.3 is 11.1 Å². The largest absolute Gasteiger partial charge is 0.393 e. The monoisotopic (exact) mass is 308 g/mol. The topological polar surface area (TPSA) is 55.1 Å². The predicted octanol–water partition coefficient (Wildman–Crippen LogP) is 3.17. The Morgan fingerprint density at radius 3 is 2.48 bits per heavy atom. The maximum Gasteiger partial charge on any atom is 0.226 e. The van der Waals surface area contributed by atoms with Crippen molar-refractivity contribution in [2.45, 2.75) is 64.7 Å². The van der Waals surface area contributed by atoms with Gasteiger partial charge in [-0.3, -0.25) is 4.79 Å². The van der Waals surface area contributed by atoms with Gasteiger partial charge in [0.25, 0.3) is 0 Å². The SMILES string of the molecule is CC12CC3CC(C1)CC(C(=O)NCCCCC(N)=S)(C3)C2. The van der Waals surface area contributed by atoms with Crippen molar-refractivity contribution < 1.29 is 4.79 Å². The first-order valence-corrected chi connectivity index (χ1v) is 8.88. The van der Waals surface area contributed by atoms with Crippen LogP contribution in [-0.2, 0) is 4.79 Å². The summed E-state index contributed by atoms with van der Waals surface area (Å²) in [6.07, 6.45) is 10.2. The third-order valence-corrected chi connectivity index (χ3v) is 6.17. The van der Waals surface area contributed by atoms with Crippen molar-refractivity contribution >= 4 is 23.1 Å². The lowest BCUT2D eigenvalue weighted by molar-refractivity contribution is -0.155. The van der Waals surface area contributed by atoms with E-state index in [0.717, 1.165) is 56.9 Å². The summed E-state index contributed by atoms with van der Waals surface area (Å²) in [7, 11) is 0. The first-order valence-electron chi connectivity index (χ1n) is 8.47. The number of thiocarbonyl (C=S) groups is 1. The molecule has 1 amide bonds. The van der Waals surface area contributed by atoms with E-state index in [4.69, 9.17) is 18.0 Å². The zero-order chi connectivity index (χ0) is 15.1. The minimum absolute atomic E-state index is 0.0397. The van der Waals surface area contributed by atoms with Gasteiger partial charge in [0.1, 0.15) is 0 Å². The van der Waals surface area contributed by atoms with Gasteiger partial charge in [-0.15, -0.1) is 0 Å². The van der Waals surface area contributed by atoms with Crippen molar-refractivity contribution in [2.75, 3.05) is 6.54 Å². The Morgan fingerprint density at radius 2 is 1.90 bits per heavy atom. The summed E-state index contributed by atoms with van der Waals surface area (Å²) in [6, 6.07) is 0. The molecule has 0 radical (unpaired) electrons. The van der Waals surface area contributed by atoms with Crippen LogP contribution >= 0.6 is 12.2 Å². The van der Waals surface area contributed by atoms with Gasteiger partial charge in [-0.2, -0.15) is 0 Å². The lowest BCUT2D eigenvalue weighted by Crippen LogP contribution is -2.56. The highest BCUT2D eigenvalue weighted by Crippen LogP contribution is 2.65. The van der Waals surface area contributed by atoms with Crippen LogP contribution in [0.25, 0.3) is 0 Å². The van der Waals surface area contributed by atoms with E-state index in [2.05, 4.69) is 12.2 Å². The molecule has 4 heteroatoms. The Morgan fingerprint density at radius 1 is 1.24 bits per heavy atom. The van der Waals surface area contributed by atoms with E-state index in [1.165, 1.54) is 19.3 Å². The van der Waals surface area contributed by atoms with E-state index in [-0.39, 0.29) is 5.41 Å². The number of rotatable bonds is 6. The standard InChI is InChI=1S/C17H28N2OS/c1-16-7-12-6-13(8-16)10-17(9-12,11-16)15(20)19-5-3-2-4-14(18)21/h12-13H,2-11H2,1H3,(H2,18,21)(H,19,20). The van der Waals surface area contributed by atoms with Crippen LogP contribution in [0.15, 0.2) is 0 Å². The summed E-state index contributed by atoms with van der Waals surface area (Å²) < 4.78 is 0. The number of hydrogen-bond acceptors (Lipinski definition) is 2. The van der Waals surface area contributed by atoms with Gasteiger partial charge in [0.2, 0.25) is 5.91 Å². The number of nitrogens with two attached hydrogens (primary N) is 1. The van der Waals surface area contributed by atoms with Crippen LogP contribution in [0, 0.1) is 22.7 Å². The summed E-state index contributed by atoms with van der Waals surface area (Å²) in [5, 5.41) is 3.21. The van der Waals surface area contributed by atoms with Crippen LogP contribution in [0.1, 0.15) is 64.7 Å². The molecule has 2 atom stereocenters. The molecule has 118 valence electrons. The van der Waals surface area contributed by atoms with E-state index in [1.807, 2.05) is 0 Å². The van der Waals surface area contributed by atoms with Crippen molar-refractivity contribution in [1.29, 1.82) is 0 Å². The van der Waals surface area contributed by atoms with E-state index >= 15 is 0 Å². The number of amides is 1. The predicted molar refractivity (Wildman–Crippen MR) is 88.9 cm³/mol. The Balaban J connectivity index is 1.54. The molecular weight excluding hydrogens is 280 g/mol. The zero-order valence-corrected chi connectivity index (χ0v) is 13.9. The average molecular weight is 308 g/mol. The van der Waals surface area contributed by atoms with Gasteiger partial charge in [-0.1, -0.05) is 19.1 Å². The number of nitrogens with one attached hydrogen (secondary N) is 1. The summed E-state index contributed by atoms with van der Waals surface area (Å²) in [4.78, 5) is 13.4. The summed E-state index contributed by atoms with van der Waals surface area (Å²) in [5.41, 5.74) is 5.89.